The minimum atomic E-state index is -0.664. The zero-order valence-electron chi connectivity index (χ0n) is 15.5. The highest BCUT2D eigenvalue weighted by molar-refractivity contribution is 5.19. The van der Waals surface area contributed by atoms with Gasteiger partial charge in [-0.3, -0.25) is 9.80 Å². The summed E-state index contributed by atoms with van der Waals surface area (Å²) < 4.78 is 5.90. The van der Waals surface area contributed by atoms with Gasteiger partial charge in [-0.1, -0.05) is 30.3 Å². The van der Waals surface area contributed by atoms with Crippen molar-refractivity contribution in [1.29, 1.82) is 0 Å². The maximum Gasteiger partial charge on any atom is 0.236 e. The Labute approximate surface area is 150 Å². The molecule has 6 nitrogen and oxygen atoms in total. The molecule has 1 saturated heterocycles. The predicted molar refractivity (Wildman–Crippen MR) is 98.0 cm³/mol. The Balaban J connectivity index is 1.58. The number of hydrogen-bond donors (Lipinski definition) is 1. The van der Waals surface area contributed by atoms with E-state index in [-0.39, 0.29) is 0 Å². The fourth-order valence-electron chi connectivity index (χ4n) is 3.27. The van der Waals surface area contributed by atoms with Gasteiger partial charge in [-0.25, -0.2) is 0 Å². The fraction of sp³-hybridized carbons (Fsp3) is 0.579. The summed E-state index contributed by atoms with van der Waals surface area (Å²) >= 11 is 0. The lowest BCUT2D eigenvalue weighted by molar-refractivity contribution is 0.0970. The molecule has 1 aliphatic heterocycles. The molecule has 2 heterocycles. The topological polar surface area (TPSA) is 71.4 Å². The smallest absolute Gasteiger partial charge is 0.236 e. The Hall–Kier alpha value is -1.76. The second kappa shape index (κ2) is 7.64. The number of aromatic nitrogens is 2. The van der Waals surface area contributed by atoms with Crippen LogP contribution in [0.5, 0.6) is 0 Å². The highest BCUT2D eigenvalue weighted by atomic mass is 16.4. The molecule has 0 aliphatic carbocycles. The number of rotatable bonds is 6. The first-order valence-electron chi connectivity index (χ1n) is 9.06. The van der Waals surface area contributed by atoms with E-state index in [0.717, 1.165) is 31.7 Å². The molecule has 136 valence electrons. The van der Waals surface area contributed by atoms with E-state index in [1.807, 2.05) is 25.1 Å². The number of nitrogens with two attached hydrogens (primary N) is 1. The monoisotopic (exact) mass is 343 g/mol. The average Bonchev–Trinajstić information content (AvgIpc) is 3.05. The van der Waals surface area contributed by atoms with Crippen molar-refractivity contribution in [3.63, 3.8) is 0 Å². The molecular weight excluding hydrogens is 314 g/mol. The number of hydrogen-bond acceptors (Lipinski definition) is 6. The third-order valence-electron chi connectivity index (χ3n) is 4.87. The fourth-order valence-corrected chi connectivity index (χ4v) is 3.27. The van der Waals surface area contributed by atoms with Crippen LogP contribution >= 0.6 is 0 Å². The summed E-state index contributed by atoms with van der Waals surface area (Å²) in [5, 5.41) is 8.43. The molecule has 6 heteroatoms. The molecule has 1 aromatic carbocycles. The van der Waals surface area contributed by atoms with Gasteiger partial charge in [0.05, 0.1) is 12.1 Å². The van der Waals surface area contributed by atoms with Gasteiger partial charge < -0.3 is 10.2 Å². The lowest BCUT2D eigenvalue weighted by atomic mass is 9.94. The van der Waals surface area contributed by atoms with Crippen molar-refractivity contribution < 1.29 is 4.42 Å². The summed E-state index contributed by atoms with van der Waals surface area (Å²) in [7, 11) is 0. The Morgan fingerprint density at radius 1 is 1.12 bits per heavy atom. The largest absolute Gasteiger partial charge is 0.422 e. The molecule has 2 aromatic rings. The molecule has 0 radical (unpaired) electrons. The van der Waals surface area contributed by atoms with Crippen molar-refractivity contribution >= 4 is 0 Å². The standard InChI is InChI=1S/C19H29N5O/c1-15(2)24-11-9-23(10-12-24)14-17-21-22-18(25-17)19(3,20)13-16-7-5-4-6-8-16/h4-8,15H,9-14,20H2,1-3H3/t19-/m1/s1. The molecule has 25 heavy (non-hydrogen) atoms. The van der Waals surface area contributed by atoms with Gasteiger partial charge in [0.1, 0.15) is 0 Å². The average molecular weight is 343 g/mol. The van der Waals surface area contributed by atoms with E-state index in [1.54, 1.807) is 0 Å². The molecule has 0 saturated carbocycles. The Bertz CT molecular complexity index is 659. The van der Waals surface area contributed by atoms with Gasteiger partial charge in [0.15, 0.2) is 0 Å². The van der Waals surface area contributed by atoms with Crippen molar-refractivity contribution in [2.45, 2.75) is 45.3 Å². The molecule has 1 atom stereocenters. The van der Waals surface area contributed by atoms with Gasteiger partial charge in [-0.2, -0.15) is 0 Å². The Morgan fingerprint density at radius 2 is 1.80 bits per heavy atom. The molecule has 0 bridgehead atoms. The molecule has 1 aromatic heterocycles. The molecule has 3 rings (SSSR count). The number of benzene rings is 1. The second-order valence-corrected chi connectivity index (χ2v) is 7.49. The van der Waals surface area contributed by atoms with Gasteiger partial charge in [-0.05, 0) is 32.8 Å². The summed E-state index contributed by atoms with van der Waals surface area (Å²) in [6, 6.07) is 10.8. The van der Waals surface area contributed by atoms with Gasteiger partial charge >= 0.3 is 0 Å². The molecule has 0 spiro atoms. The van der Waals surface area contributed by atoms with Crippen LogP contribution in [0.15, 0.2) is 34.7 Å². The number of nitrogens with zero attached hydrogens (tertiary/aromatic N) is 4. The van der Waals surface area contributed by atoms with Crippen LogP contribution in [0.3, 0.4) is 0 Å². The summed E-state index contributed by atoms with van der Waals surface area (Å²) in [6.45, 7) is 11.4. The van der Waals surface area contributed by atoms with Gasteiger partial charge in [0, 0.05) is 32.2 Å². The number of piperazine rings is 1. The van der Waals surface area contributed by atoms with Crippen molar-refractivity contribution in [3.05, 3.63) is 47.7 Å². The summed E-state index contributed by atoms with van der Waals surface area (Å²) in [6.07, 6.45) is 0.669. The van der Waals surface area contributed by atoms with Crippen LogP contribution in [-0.2, 0) is 18.5 Å². The van der Waals surface area contributed by atoms with Gasteiger partial charge in [-0.15, -0.1) is 10.2 Å². The van der Waals surface area contributed by atoms with Crippen molar-refractivity contribution in [3.8, 4) is 0 Å². The highest BCUT2D eigenvalue weighted by Crippen LogP contribution is 2.22. The first-order chi connectivity index (χ1) is 11.9. The van der Waals surface area contributed by atoms with E-state index in [2.05, 4.69) is 46.0 Å². The maximum atomic E-state index is 6.45. The van der Waals surface area contributed by atoms with E-state index in [0.29, 0.717) is 30.8 Å². The third kappa shape index (κ3) is 4.66. The minimum Gasteiger partial charge on any atom is -0.422 e. The van der Waals surface area contributed by atoms with Crippen LogP contribution in [0.4, 0.5) is 0 Å². The summed E-state index contributed by atoms with van der Waals surface area (Å²) in [5.41, 5.74) is 6.95. The first kappa shape index (κ1) is 18.0. The van der Waals surface area contributed by atoms with Crippen LogP contribution in [0.1, 0.15) is 38.1 Å². The maximum absolute atomic E-state index is 6.45. The van der Waals surface area contributed by atoms with Gasteiger partial charge in [0.2, 0.25) is 11.8 Å². The van der Waals surface area contributed by atoms with Crippen LogP contribution in [0.25, 0.3) is 0 Å². The zero-order chi connectivity index (χ0) is 17.9. The Kier molecular flexibility index (Phi) is 5.51. The van der Waals surface area contributed by atoms with E-state index in [9.17, 15) is 0 Å². The van der Waals surface area contributed by atoms with Crippen LogP contribution in [0, 0.1) is 0 Å². The SMILES string of the molecule is CC(C)N1CCN(Cc2nnc([C@](C)(N)Cc3ccccc3)o2)CC1. The molecule has 1 fully saturated rings. The molecule has 1 aliphatic rings. The van der Waals surface area contributed by atoms with Crippen LogP contribution in [0.2, 0.25) is 0 Å². The lowest BCUT2D eigenvalue weighted by Gasteiger charge is -2.36. The normalized spacial score (nSPS) is 19.2. The van der Waals surface area contributed by atoms with Crippen LogP contribution in [-0.4, -0.2) is 52.2 Å². The third-order valence-corrected chi connectivity index (χ3v) is 4.87. The van der Waals surface area contributed by atoms with Crippen molar-refractivity contribution in [1.82, 2.24) is 20.0 Å². The molecular formula is C19H29N5O. The predicted octanol–water partition coefficient (Wildman–Crippen LogP) is 2.01. The van der Waals surface area contributed by atoms with E-state index in [4.69, 9.17) is 10.2 Å². The summed E-state index contributed by atoms with van der Waals surface area (Å²) in [4.78, 5) is 4.85. The van der Waals surface area contributed by atoms with E-state index >= 15 is 0 Å². The van der Waals surface area contributed by atoms with Gasteiger partial charge in [0.25, 0.3) is 0 Å². The lowest BCUT2D eigenvalue weighted by Crippen LogP contribution is -2.48. The van der Waals surface area contributed by atoms with E-state index in [1.165, 1.54) is 0 Å². The molecule has 0 amide bonds. The Morgan fingerprint density at radius 3 is 2.44 bits per heavy atom. The van der Waals surface area contributed by atoms with Crippen molar-refractivity contribution in [2.24, 2.45) is 5.73 Å². The van der Waals surface area contributed by atoms with E-state index < -0.39 is 5.54 Å². The zero-order valence-corrected chi connectivity index (χ0v) is 15.5. The summed E-state index contributed by atoms with van der Waals surface area (Å²) in [5.74, 6) is 1.16. The van der Waals surface area contributed by atoms with Crippen LogP contribution < -0.4 is 5.73 Å². The minimum absolute atomic E-state index is 0.507. The second-order valence-electron chi connectivity index (χ2n) is 7.49. The molecule has 2 N–H and O–H groups in total. The molecule has 0 unspecified atom stereocenters. The van der Waals surface area contributed by atoms with Crippen molar-refractivity contribution in [2.75, 3.05) is 26.2 Å². The quantitative estimate of drug-likeness (QED) is 0.865. The highest BCUT2D eigenvalue weighted by Gasteiger charge is 2.29. The first-order valence-corrected chi connectivity index (χ1v) is 9.06.